The van der Waals surface area contributed by atoms with Crippen molar-refractivity contribution < 1.29 is 0 Å². The molecule has 4 nitrogen and oxygen atoms in total. The smallest absolute Gasteiger partial charge is 0.160 e. The molecule has 10 aromatic carbocycles. The number of hydrogen-bond acceptors (Lipinski definition) is 4. The van der Waals surface area contributed by atoms with Crippen LogP contribution in [0.25, 0.3) is 134 Å². The Bertz CT molecular complexity index is 3860. The SMILES string of the molecule is c1ccc(-c2cccc(-c3nc(-c4ccccc4)cc(-c4ccccc4-c4ccc(-c5cc(-c6ccccc6)nc(-c6ccccc6)n5)cc4-c4ccc5c(c4)-c4cccc6cccc-5c46)n3)c2)cc1. The fraction of sp³-hybridized carbons (Fsp3) is 0. The van der Waals surface area contributed by atoms with Gasteiger partial charge < -0.3 is 0 Å². The summed E-state index contributed by atoms with van der Waals surface area (Å²) in [5, 5.41) is 2.56. The van der Waals surface area contributed by atoms with Crippen LogP contribution in [0.1, 0.15) is 0 Å². The third kappa shape index (κ3) is 7.45. The molecule has 0 unspecified atom stereocenters. The van der Waals surface area contributed by atoms with Crippen LogP contribution < -0.4 is 0 Å². The van der Waals surface area contributed by atoms with Gasteiger partial charge in [-0.05, 0) is 96.7 Å². The van der Waals surface area contributed by atoms with E-state index in [2.05, 4.69) is 218 Å². The van der Waals surface area contributed by atoms with Gasteiger partial charge in [0.15, 0.2) is 11.6 Å². The Balaban J connectivity index is 1.02. The molecule has 0 fully saturated rings. The normalized spacial score (nSPS) is 11.4. The number of hydrogen-bond donors (Lipinski definition) is 0. The van der Waals surface area contributed by atoms with Crippen LogP contribution in [0.4, 0.5) is 0 Å². The van der Waals surface area contributed by atoms with Gasteiger partial charge in [0.1, 0.15) is 0 Å². The van der Waals surface area contributed by atoms with Gasteiger partial charge in [0.05, 0.1) is 22.8 Å². The molecule has 0 saturated heterocycles. The van der Waals surface area contributed by atoms with E-state index in [1.54, 1.807) is 0 Å². The molecular weight excluding hydrogens is 849 g/mol. The highest BCUT2D eigenvalue weighted by atomic mass is 14.9. The van der Waals surface area contributed by atoms with Crippen molar-refractivity contribution >= 4 is 10.8 Å². The Labute approximate surface area is 407 Å². The molecule has 1 aliphatic rings. The first kappa shape index (κ1) is 40.9. The number of fused-ring (bicyclic) bond motifs is 3. The molecule has 12 aromatic rings. The fourth-order valence-electron chi connectivity index (χ4n) is 10.1. The molecule has 0 bridgehead atoms. The lowest BCUT2D eigenvalue weighted by Gasteiger charge is -2.18. The Hall–Kier alpha value is -9.38. The molecular formula is C66H42N4. The first-order valence-electron chi connectivity index (χ1n) is 23.7. The van der Waals surface area contributed by atoms with Gasteiger partial charge in [0.25, 0.3) is 0 Å². The number of nitrogens with zero attached hydrogens (tertiary/aromatic N) is 4. The summed E-state index contributed by atoms with van der Waals surface area (Å²) >= 11 is 0. The average Bonchev–Trinajstić information content (AvgIpc) is 3.77. The van der Waals surface area contributed by atoms with Gasteiger partial charge in [0, 0.05) is 33.4 Å². The maximum absolute atomic E-state index is 5.43. The summed E-state index contributed by atoms with van der Waals surface area (Å²) in [5.74, 6) is 1.35. The van der Waals surface area contributed by atoms with Crippen molar-refractivity contribution in [2.45, 2.75) is 0 Å². The van der Waals surface area contributed by atoms with Crippen molar-refractivity contribution in [3.05, 3.63) is 255 Å². The number of benzene rings is 10. The molecule has 326 valence electrons. The van der Waals surface area contributed by atoms with E-state index in [0.717, 1.165) is 89.5 Å². The van der Waals surface area contributed by atoms with Crippen LogP contribution in [-0.2, 0) is 0 Å². The standard InChI is InChI=1S/C66H42N4/c1-5-18-43(19-6-1)48-28-15-29-51(38-48)66-68-61(45-22-9-3-10-23-45)42-63(70-66)55-31-14-13-30-52(55)53-37-35-50(62-41-60(44-20-7-2-8-21-44)67-65(69-62)47-24-11-4-12-25-47)40-58(53)49-34-36-54-56-32-16-26-46-27-17-33-57(64(46)56)59(54)39-49/h1-42H. The molecule has 4 heteroatoms. The first-order valence-corrected chi connectivity index (χ1v) is 23.7. The second-order valence-electron chi connectivity index (χ2n) is 17.7. The van der Waals surface area contributed by atoms with Crippen molar-refractivity contribution in [1.29, 1.82) is 0 Å². The molecule has 70 heavy (non-hydrogen) atoms. The topological polar surface area (TPSA) is 51.6 Å². The Morgan fingerprint density at radius 3 is 1.26 bits per heavy atom. The van der Waals surface area contributed by atoms with Gasteiger partial charge in [0.2, 0.25) is 0 Å². The van der Waals surface area contributed by atoms with Crippen molar-refractivity contribution in [2.75, 3.05) is 0 Å². The molecule has 13 rings (SSSR count). The maximum atomic E-state index is 5.43. The molecule has 2 aromatic heterocycles. The number of aromatic nitrogens is 4. The summed E-state index contributed by atoms with van der Waals surface area (Å²) in [4.78, 5) is 21.1. The van der Waals surface area contributed by atoms with Crippen LogP contribution in [0.15, 0.2) is 255 Å². The van der Waals surface area contributed by atoms with Gasteiger partial charge >= 0.3 is 0 Å². The van der Waals surface area contributed by atoms with Crippen LogP contribution in [0, 0.1) is 0 Å². The minimum atomic E-state index is 0.666. The fourth-order valence-corrected chi connectivity index (χ4v) is 10.1. The predicted octanol–water partition coefficient (Wildman–Crippen LogP) is 17.1. The van der Waals surface area contributed by atoms with E-state index >= 15 is 0 Å². The molecule has 0 aliphatic heterocycles. The van der Waals surface area contributed by atoms with E-state index in [4.69, 9.17) is 19.9 Å². The first-order chi connectivity index (χ1) is 34.7. The second-order valence-corrected chi connectivity index (χ2v) is 17.7. The third-order valence-electron chi connectivity index (χ3n) is 13.5. The van der Waals surface area contributed by atoms with Crippen molar-refractivity contribution in [3.63, 3.8) is 0 Å². The molecule has 0 radical (unpaired) electrons. The maximum Gasteiger partial charge on any atom is 0.160 e. The molecule has 0 amide bonds. The predicted molar refractivity (Wildman–Crippen MR) is 288 cm³/mol. The largest absolute Gasteiger partial charge is 0.228 e. The number of rotatable bonds is 9. The van der Waals surface area contributed by atoms with E-state index in [0.29, 0.717) is 11.6 Å². The highest BCUT2D eigenvalue weighted by Crippen LogP contribution is 2.50. The van der Waals surface area contributed by atoms with Crippen LogP contribution in [0.5, 0.6) is 0 Å². The molecule has 0 atom stereocenters. The summed E-state index contributed by atoms with van der Waals surface area (Å²) in [7, 11) is 0. The lowest BCUT2D eigenvalue weighted by Crippen LogP contribution is -1.98. The van der Waals surface area contributed by atoms with Crippen LogP contribution >= 0.6 is 0 Å². The van der Waals surface area contributed by atoms with Gasteiger partial charge in [-0.2, -0.15) is 0 Å². The lowest BCUT2D eigenvalue weighted by molar-refractivity contribution is 1.18. The minimum Gasteiger partial charge on any atom is -0.228 e. The van der Waals surface area contributed by atoms with Gasteiger partial charge in [-0.3, -0.25) is 0 Å². The van der Waals surface area contributed by atoms with Crippen molar-refractivity contribution in [3.8, 4) is 123 Å². The van der Waals surface area contributed by atoms with Crippen molar-refractivity contribution in [1.82, 2.24) is 19.9 Å². The molecule has 2 heterocycles. The average molecular weight is 891 g/mol. The van der Waals surface area contributed by atoms with E-state index in [9.17, 15) is 0 Å². The summed E-state index contributed by atoms with van der Waals surface area (Å²) in [6.45, 7) is 0. The highest BCUT2D eigenvalue weighted by molar-refractivity contribution is 6.16. The van der Waals surface area contributed by atoms with Crippen LogP contribution in [0.3, 0.4) is 0 Å². The zero-order chi connectivity index (χ0) is 46.4. The van der Waals surface area contributed by atoms with E-state index in [1.807, 2.05) is 36.4 Å². The molecule has 0 saturated carbocycles. The van der Waals surface area contributed by atoms with Gasteiger partial charge in [-0.25, -0.2) is 19.9 Å². The van der Waals surface area contributed by atoms with E-state index < -0.39 is 0 Å². The Morgan fingerprint density at radius 2 is 0.600 bits per heavy atom. The minimum absolute atomic E-state index is 0.666. The summed E-state index contributed by atoms with van der Waals surface area (Å²) in [6, 6.07) is 90.0. The quantitative estimate of drug-likeness (QED) is 0.145. The summed E-state index contributed by atoms with van der Waals surface area (Å²) < 4.78 is 0. The molecule has 0 N–H and O–H groups in total. The van der Waals surface area contributed by atoms with E-state index in [-0.39, 0.29) is 0 Å². The van der Waals surface area contributed by atoms with Crippen molar-refractivity contribution in [2.24, 2.45) is 0 Å². The Morgan fingerprint density at radius 1 is 0.186 bits per heavy atom. The molecule has 1 aliphatic carbocycles. The lowest BCUT2D eigenvalue weighted by atomic mass is 9.87. The van der Waals surface area contributed by atoms with Crippen LogP contribution in [-0.4, -0.2) is 19.9 Å². The Kier molecular flexibility index (Phi) is 10.1. The molecule has 0 spiro atoms. The van der Waals surface area contributed by atoms with E-state index in [1.165, 1.54) is 33.0 Å². The van der Waals surface area contributed by atoms with Gasteiger partial charge in [-0.1, -0.05) is 224 Å². The third-order valence-corrected chi connectivity index (χ3v) is 13.5. The zero-order valence-electron chi connectivity index (χ0n) is 38.0. The second kappa shape index (κ2) is 17.4. The zero-order valence-corrected chi connectivity index (χ0v) is 38.0. The van der Waals surface area contributed by atoms with Crippen LogP contribution in [0.2, 0.25) is 0 Å². The monoisotopic (exact) mass is 890 g/mol. The summed E-state index contributed by atoms with van der Waals surface area (Å²) in [5.41, 5.74) is 21.0. The summed E-state index contributed by atoms with van der Waals surface area (Å²) in [6.07, 6.45) is 0. The van der Waals surface area contributed by atoms with Gasteiger partial charge in [-0.15, -0.1) is 0 Å². The highest BCUT2D eigenvalue weighted by Gasteiger charge is 2.24.